The molecule has 1 saturated heterocycles. The Morgan fingerprint density at radius 1 is 1.56 bits per heavy atom. The molecular weight excluding hydrogens is 230 g/mol. The Hall–Kier alpha value is -1.36. The topological polar surface area (TPSA) is 58.4 Å². The van der Waals surface area contributed by atoms with Gasteiger partial charge in [0.15, 0.2) is 0 Å². The van der Waals surface area contributed by atoms with Gasteiger partial charge in [-0.3, -0.25) is 9.48 Å². The molecule has 1 N–H and O–H groups in total. The van der Waals surface area contributed by atoms with Crippen molar-refractivity contribution in [3.63, 3.8) is 0 Å². The van der Waals surface area contributed by atoms with Gasteiger partial charge in [-0.1, -0.05) is 0 Å². The highest BCUT2D eigenvalue weighted by molar-refractivity contribution is 5.76. The van der Waals surface area contributed by atoms with Crippen molar-refractivity contribution in [1.29, 1.82) is 0 Å². The quantitative estimate of drug-likeness (QED) is 0.873. The van der Waals surface area contributed by atoms with Gasteiger partial charge in [-0.15, -0.1) is 0 Å². The van der Waals surface area contributed by atoms with Gasteiger partial charge >= 0.3 is 0 Å². The van der Waals surface area contributed by atoms with E-state index in [1.807, 2.05) is 16.5 Å². The Balaban J connectivity index is 2.07. The lowest BCUT2D eigenvalue weighted by atomic mass is 10.1. The number of hydrogen-bond acceptors (Lipinski definition) is 3. The van der Waals surface area contributed by atoms with Crippen molar-refractivity contribution in [1.82, 2.24) is 14.7 Å². The number of piperidine rings is 1. The van der Waals surface area contributed by atoms with Crippen LogP contribution in [0.25, 0.3) is 0 Å². The summed E-state index contributed by atoms with van der Waals surface area (Å²) in [6.07, 6.45) is 2.29. The zero-order valence-corrected chi connectivity index (χ0v) is 11.1. The van der Waals surface area contributed by atoms with Gasteiger partial charge in [0.2, 0.25) is 5.91 Å². The molecule has 1 atom stereocenters. The average Bonchev–Trinajstić information content (AvgIpc) is 2.69. The van der Waals surface area contributed by atoms with Crippen molar-refractivity contribution in [3.05, 3.63) is 17.5 Å². The minimum absolute atomic E-state index is 0.0451. The third-order valence-electron chi connectivity index (χ3n) is 3.47. The second-order valence-corrected chi connectivity index (χ2v) is 4.98. The van der Waals surface area contributed by atoms with E-state index in [1.165, 1.54) is 0 Å². The van der Waals surface area contributed by atoms with Gasteiger partial charge in [-0.05, 0) is 32.8 Å². The number of aliphatic hydroxyl groups excluding tert-OH is 1. The normalized spacial score (nSPS) is 20.2. The summed E-state index contributed by atoms with van der Waals surface area (Å²) in [6, 6.07) is 2.34. The lowest BCUT2D eigenvalue weighted by molar-refractivity contribution is -0.133. The van der Waals surface area contributed by atoms with E-state index in [0.717, 1.165) is 30.8 Å². The minimum atomic E-state index is -0.0695. The van der Waals surface area contributed by atoms with E-state index in [2.05, 4.69) is 18.1 Å². The largest absolute Gasteiger partial charge is 0.396 e. The zero-order chi connectivity index (χ0) is 13.1. The van der Waals surface area contributed by atoms with E-state index in [-0.39, 0.29) is 25.0 Å². The fourth-order valence-corrected chi connectivity index (χ4v) is 2.65. The number of aliphatic hydroxyl groups is 1. The van der Waals surface area contributed by atoms with Crippen LogP contribution >= 0.6 is 0 Å². The van der Waals surface area contributed by atoms with Crippen LogP contribution in [-0.4, -0.2) is 45.4 Å². The molecule has 0 bridgehead atoms. The Morgan fingerprint density at radius 3 is 2.94 bits per heavy atom. The van der Waals surface area contributed by atoms with Gasteiger partial charge in [0.1, 0.15) is 0 Å². The summed E-state index contributed by atoms with van der Waals surface area (Å²) in [7, 11) is 0. The lowest BCUT2D eigenvalue weighted by Crippen LogP contribution is -2.41. The van der Waals surface area contributed by atoms with Crippen molar-refractivity contribution in [2.45, 2.75) is 39.2 Å². The molecule has 0 radical (unpaired) electrons. The first-order valence-electron chi connectivity index (χ1n) is 6.53. The molecule has 0 spiro atoms. The number of aryl methyl sites for hydroxylation is 2. The monoisotopic (exact) mass is 251 g/mol. The van der Waals surface area contributed by atoms with Gasteiger partial charge in [-0.25, -0.2) is 0 Å². The number of hydrogen-bond donors (Lipinski definition) is 1. The molecule has 18 heavy (non-hydrogen) atoms. The Labute approximate surface area is 107 Å². The molecule has 1 fully saturated rings. The first-order chi connectivity index (χ1) is 8.61. The van der Waals surface area contributed by atoms with Crippen LogP contribution in [0.1, 0.15) is 36.7 Å². The maximum atomic E-state index is 11.8. The third-order valence-corrected chi connectivity index (χ3v) is 3.47. The van der Waals surface area contributed by atoms with E-state index in [4.69, 9.17) is 5.11 Å². The number of rotatable bonds is 3. The van der Waals surface area contributed by atoms with Gasteiger partial charge in [0.25, 0.3) is 0 Å². The van der Waals surface area contributed by atoms with E-state index in [0.29, 0.717) is 6.54 Å². The van der Waals surface area contributed by atoms with Crippen LogP contribution in [-0.2, 0) is 4.79 Å². The number of likely N-dealkylation sites (tertiary alicyclic amines) is 1. The van der Waals surface area contributed by atoms with Crippen molar-refractivity contribution in [2.75, 3.05) is 19.7 Å². The second kappa shape index (κ2) is 5.52. The summed E-state index contributed by atoms with van der Waals surface area (Å²) in [5.41, 5.74) is 2.17. The lowest BCUT2D eigenvalue weighted by Gasteiger charge is -2.33. The summed E-state index contributed by atoms with van der Waals surface area (Å²) in [6.45, 7) is 5.48. The van der Waals surface area contributed by atoms with E-state index >= 15 is 0 Å². The molecule has 5 nitrogen and oxygen atoms in total. The van der Waals surface area contributed by atoms with E-state index < -0.39 is 0 Å². The summed E-state index contributed by atoms with van der Waals surface area (Å²) >= 11 is 0. The maximum absolute atomic E-state index is 11.8. The van der Waals surface area contributed by atoms with E-state index in [9.17, 15) is 4.79 Å². The fourth-order valence-electron chi connectivity index (χ4n) is 2.65. The molecule has 0 aliphatic carbocycles. The highest BCUT2D eigenvalue weighted by Gasteiger charge is 2.25. The molecule has 2 heterocycles. The van der Waals surface area contributed by atoms with Crippen molar-refractivity contribution in [2.24, 2.45) is 0 Å². The average molecular weight is 251 g/mol. The molecule has 0 aromatic carbocycles. The third kappa shape index (κ3) is 2.72. The standard InChI is InChI=1S/C13H21N3O2/c1-10-8-11(2)16(14-10)12-4-3-6-15(9-12)13(18)5-7-17/h8,12,17H,3-7,9H2,1-2H3. The summed E-state index contributed by atoms with van der Waals surface area (Å²) in [5.74, 6) is 0.0451. The van der Waals surface area contributed by atoms with Gasteiger partial charge in [-0.2, -0.15) is 5.10 Å². The van der Waals surface area contributed by atoms with Crippen molar-refractivity contribution < 1.29 is 9.90 Å². The number of amides is 1. The van der Waals surface area contributed by atoms with Crippen LogP contribution in [0.15, 0.2) is 6.07 Å². The smallest absolute Gasteiger partial charge is 0.224 e. The second-order valence-electron chi connectivity index (χ2n) is 4.98. The Kier molecular flexibility index (Phi) is 4.01. The molecule has 2 rings (SSSR count). The van der Waals surface area contributed by atoms with Crippen LogP contribution in [0, 0.1) is 13.8 Å². The minimum Gasteiger partial charge on any atom is -0.396 e. The van der Waals surface area contributed by atoms with Crippen LogP contribution in [0.3, 0.4) is 0 Å². The predicted octanol–water partition coefficient (Wildman–Crippen LogP) is 1.05. The Morgan fingerprint density at radius 2 is 2.33 bits per heavy atom. The van der Waals surface area contributed by atoms with Crippen LogP contribution in [0.4, 0.5) is 0 Å². The van der Waals surface area contributed by atoms with Crippen molar-refractivity contribution >= 4 is 5.91 Å². The van der Waals surface area contributed by atoms with Gasteiger partial charge in [0.05, 0.1) is 18.3 Å². The molecule has 1 aromatic heterocycles. The highest BCUT2D eigenvalue weighted by atomic mass is 16.3. The molecule has 5 heteroatoms. The van der Waals surface area contributed by atoms with Crippen molar-refractivity contribution in [3.8, 4) is 0 Å². The first kappa shape index (κ1) is 13.1. The molecular formula is C13H21N3O2. The summed E-state index contributed by atoms with van der Waals surface area (Å²) in [5, 5.41) is 13.3. The van der Waals surface area contributed by atoms with Crippen LogP contribution in [0.5, 0.6) is 0 Å². The zero-order valence-electron chi connectivity index (χ0n) is 11.1. The number of carbonyl (C=O) groups is 1. The van der Waals surface area contributed by atoms with E-state index in [1.54, 1.807) is 0 Å². The molecule has 1 aromatic rings. The SMILES string of the molecule is Cc1cc(C)n(C2CCCN(C(=O)CCO)C2)n1. The highest BCUT2D eigenvalue weighted by Crippen LogP contribution is 2.23. The summed E-state index contributed by atoms with van der Waals surface area (Å²) < 4.78 is 2.04. The molecule has 1 amide bonds. The predicted molar refractivity (Wildman–Crippen MR) is 68.3 cm³/mol. The maximum Gasteiger partial charge on any atom is 0.224 e. The number of carbonyl (C=O) groups excluding carboxylic acids is 1. The first-order valence-corrected chi connectivity index (χ1v) is 6.53. The molecule has 1 unspecified atom stereocenters. The fraction of sp³-hybridized carbons (Fsp3) is 0.692. The Bertz CT molecular complexity index is 428. The molecule has 1 aliphatic heterocycles. The molecule has 100 valence electrons. The van der Waals surface area contributed by atoms with Gasteiger partial charge in [0, 0.05) is 25.2 Å². The number of nitrogens with zero attached hydrogens (tertiary/aromatic N) is 3. The molecule has 0 saturated carbocycles. The number of aromatic nitrogens is 2. The molecule has 1 aliphatic rings. The van der Waals surface area contributed by atoms with Gasteiger partial charge < -0.3 is 10.0 Å². The summed E-state index contributed by atoms with van der Waals surface area (Å²) in [4.78, 5) is 13.6. The van der Waals surface area contributed by atoms with Crippen LogP contribution in [0.2, 0.25) is 0 Å². The van der Waals surface area contributed by atoms with Crippen LogP contribution < -0.4 is 0 Å².